The molecular formula is C16H25NO. The highest BCUT2D eigenvalue weighted by atomic mass is 16.3. The molecule has 2 heteroatoms. The molecule has 0 radical (unpaired) electrons. The van der Waals surface area contributed by atoms with E-state index in [4.69, 9.17) is 0 Å². The molecule has 2 nitrogen and oxygen atoms in total. The summed E-state index contributed by atoms with van der Waals surface area (Å²) in [5, 5.41) is 10.8. The van der Waals surface area contributed by atoms with Gasteiger partial charge in [0.25, 0.3) is 0 Å². The number of nitrogens with zero attached hydrogens (tertiary/aromatic N) is 1. The summed E-state index contributed by atoms with van der Waals surface area (Å²) < 4.78 is 0. The van der Waals surface area contributed by atoms with Crippen LogP contribution in [0.5, 0.6) is 0 Å². The Morgan fingerprint density at radius 3 is 2.33 bits per heavy atom. The van der Waals surface area contributed by atoms with Crippen LogP contribution >= 0.6 is 0 Å². The zero-order valence-corrected chi connectivity index (χ0v) is 12.0. The molecule has 1 aliphatic carbocycles. The second-order valence-corrected chi connectivity index (χ2v) is 6.92. The van der Waals surface area contributed by atoms with Crippen molar-refractivity contribution in [2.75, 3.05) is 0 Å². The van der Waals surface area contributed by atoms with E-state index in [2.05, 4.69) is 31.8 Å². The Hall–Kier alpha value is -0.890. The van der Waals surface area contributed by atoms with Crippen LogP contribution in [0.15, 0.2) is 18.5 Å². The zero-order chi connectivity index (χ0) is 13.4. The molecule has 0 spiro atoms. The quantitative estimate of drug-likeness (QED) is 0.818. The fourth-order valence-electron chi connectivity index (χ4n) is 3.06. The predicted octanol–water partition coefficient (Wildman–Crippen LogP) is 3.81. The average Bonchev–Trinajstić information content (AvgIpc) is 2.28. The highest BCUT2D eigenvalue weighted by Crippen LogP contribution is 2.45. The Kier molecular flexibility index (Phi) is 3.50. The fourth-order valence-corrected chi connectivity index (χ4v) is 3.06. The van der Waals surface area contributed by atoms with Crippen molar-refractivity contribution in [3.8, 4) is 0 Å². The Labute approximate surface area is 110 Å². The molecule has 1 aromatic rings. The first-order valence-corrected chi connectivity index (χ1v) is 6.96. The van der Waals surface area contributed by atoms with Crippen molar-refractivity contribution in [2.45, 2.75) is 59.0 Å². The standard InChI is InChI=1S/C16H25NO/c1-12-9-14(11-17-10-12)16(18)7-5-13(6-8-16)15(2,3)4/h9-11,13,18H,5-8H2,1-4H3. The minimum Gasteiger partial charge on any atom is -0.385 e. The van der Waals surface area contributed by atoms with Gasteiger partial charge in [-0.15, -0.1) is 0 Å². The molecule has 0 saturated heterocycles. The molecule has 1 saturated carbocycles. The van der Waals surface area contributed by atoms with E-state index >= 15 is 0 Å². The van der Waals surface area contributed by atoms with E-state index in [1.165, 1.54) is 0 Å². The first kappa shape index (κ1) is 13.5. The van der Waals surface area contributed by atoms with Crippen LogP contribution in [0.4, 0.5) is 0 Å². The van der Waals surface area contributed by atoms with Crippen molar-refractivity contribution >= 4 is 0 Å². The van der Waals surface area contributed by atoms with E-state index in [0.717, 1.165) is 42.7 Å². The molecule has 0 bridgehead atoms. The molecule has 1 heterocycles. The number of aryl methyl sites for hydroxylation is 1. The fraction of sp³-hybridized carbons (Fsp3) is 0.688. The number of hydrogen-bond acceptors (Lipinski definition) is 2. The number of aliphatic hydroxyl groups is 1. The third kappa shape index (κ3) is 2.74. The molecule has 18 heavy (non-hydrogen) atoms. The normalized spacial score (nSPS) is 29.3. The summed E-state index contributed by atoms with van der Waals surface area (Å²) in [7, 11) is 0. The first-order chi connectivity index (χ1) is 8.31. The van der Waals surface area contributed by atoms with E-state index in [0.29, 0.717) is 5.41 Å². The van der Waals surface area contributed by atoms with Crippen molar-refractivity contribution in [2.24, 2.45) is 11.3 Å². The maximum atomic E-state index is 10.8. The van der Waals surface area contributed by atoms with E-state index in [-0.39, 0.29) is 0 Å². The van der Waals surface area contributed by atoms with E-state index in [9.17, 15) is 5.11 Å². The number of rotatable bonds is 1. The first-order valence-electron chi connectivity index (χ1n) is 6.96. The predicted molar refractivity (Wildman–Crippen MR) is 74.3 cm³/mol. The van der Waals surface area contributed by atoms with Crippen molar-refractivity contribution in [1.82, 2.24) is 4.98 Å². The summed E-state index contributed by atoms with van der Waals surface area (Å²) in [6.07, 6.45) is 7.60. The van der Waals surface area contributed by atoms with E-state index < -0.39 is 5.60 Å². The lowest BCUT2D eigenvalue weighted by Crippen LogP contribution is -2.35. The number of pyridine rings is 1. The Bertz CT molecular complexity index is 411. The molecular weight excluding hydrogens is 222 g/mol. The lowest BCUT2D eigenvalue weighted by atomic mass is 9.67. The lowest BCUT2D eigenvalue weighted by molar-refractivity contribution is -0.0300. The Morgan fingerprint density at radius 2 is 1.83 bits per heavy atom. The molecule has 0 aliphatic heterocycles. The second kappa shape index (κ2) is 4.65. The van der Waals surface area contributed by atoms with E-state index in [1.807, 2.05) is 19.3 Å². The highest BCUT2D eigenvalue weighted by Gasteiger charge is 2.38. The van der Waals surface area contributed by atoms with Crippen LogP contribution < -0.4 is 0 Å². The third-order valence-corrected chi connectivity index (χ3v) is 4.45. The minimum absolute atomic E-state index is 0.353. The molecule has 1 aromatic heterocycles. The Balaban J connectivity index is 2.12. The van der Waals surface area contributed by atoms with Gasteiger partial charge < -0.3 is 5.11 Å². The zero-order valence-electron chi connectivity index (χ0n) is 12.0. The van der Waals surface area contributed by atoms with Gasteiger partial charge >= 0.3 is 0 Å². The molecule has 2 rings (SSSR count). The minimum atomic E-state index is -0.652. The van der Waals surface area contributed by atoms with Gasteiger partial charge in [0.05, 0.1) is 5.60 Å². The molecule has 0 unspecified atom stereocenters. The maximum absolute atomic E-state index is 10.8. The van der Waals surface area contributed by atoms with Crippen molar-refractivity contribution in [3.63, 3.8) is 0 Å². The molecule has 0 aromatic carbocycles. The van der Waals surface area contributed by atoms with Crippen molar-refractivity contribution < 1.29 is 5.11 Å². The van der Waals surface area contributed by atoms with Crippen LogP contribution in [0.25, 0.3) is 0 Å². The molecule has 1 fully saturated rings. The summed E-state index contributed by atoms with van der Waals surface area (Å²) in [6.45, 7) is 8.93. The van der Waals surface area contributed by atoms with Gasteiger partial charge in [0, 0.05) is 18.0 Å². The van der Waals surface area contributed by atoms with Crippen molar-refractivity contribution in [1.29, 1.82) is 0 Å². The topological polar surface area (TPSA) is 33.1 Å². The largest absolute Gasteiger partial charge is 0.385 e. The Morgan fingerprint density at radius 1 is 1.22 bits per heavy atom. The van der Waals surface area contributed by atoms with E-state index in [1.54, 1.807) is 0 Å². The van der Waals surface area contributed by atoms with Crippen LogP contribution in [0, 0.1) is 18.3 Å². The van der Waals surface area contributed by atoms with Gasteiger partial charge in [-0.2, -0.15) is 0 Å². The van der Waals surface area contributed by atoms with Gasteiger partial charge in [-0.1, -0.05) is 26.8 Å². The third-order valence-electron chi connectivity index (χ3n) is 4.45. The molecule has 0 amide bonds. The molecule has 100 valence electrons. The molecule has 0 atom stereocenters. The van der Waals surface area contributed by atoms with Crippen LogP contribution in [-0.2, 0) is 5.60 Å². The number of aromatic nitrogens is 1. The van der Waals surface area contributed by atoms with Gasteiger partial charge in [0.1, 0.15) is 0 Å². The average molecular weight is 247 g/mol. The van der Waals surface area contributed by atoms with Gasteiger partial charge in [-0.05, 0) is 49.5 Å². The van der Waals surface area contributed by atoms with Crippen molar-refractivity contribution in [3.05, 3.63) is 29.6 Å². The van der Waals surface area contributed by atoms with Crippen LogP contribution in [0.3, 0.4) is 0 Å². The lowest BCUT2D eigenvalue weighted by Gasteiger charge is -2.41. The SMILES string of the molecule is Cc1cncc(C2(O)CCC(C(C)(C)C)CC2)c1. The highest BCUT2D eigenvalue weighted by molar-refractivity contribution is 5.23. The van der Waals surface area contributed by atoms with Crippen LogP contribution in [0.1, 0.15) is 57.6 Å². The summed E-state index contributed by atoms with van der Waals surface area (Å²) in [6, 6.07) is 2.07. The van der Waals surface area contributed by atoms with Gasteiger partial charge in [-0.25, -0.2) is 0 Å². The van der Waals surface area contributed by atoms with Gasteiger partial charge in [0.2, 0.25) is 0 Å². The summed E-state index contributed by atoms with van der Waals surface area (Å²) in [4.78, 5) is 4.21. The second-order valence-electron chi connectivity index (χ2n) is 6.92. The van der Waals surface area contributed by atoms with Crippen LogP contribution in [0.2, 0.25) is 0 Å². The smallest absolute Gasteiger partial charge is 0.0911 e. The summed E-state index contributed by atoms with van der Waals surface area (Å²) >= 11 is 0. The van der Waals surface area contributed by atoms with Crippen LogP contribution in [-0.4, -0.2) is 10.1 Å². The number of hydrogen-bond donors (Lipinski definition) is 1. The van der Waals surface area contributed by atoms with Gasteiger partial charge in [-0.3, -0.25) is 4.98 Å². The summed E-state index contributed by atoms with van der Waals surface area (Å²) in [5.74, 6) is 0.718. The summed E-state index contributed by atoms with van der Waals surface area (Å²) in [5.41, 5.74) is 1.82. The molecule has 1 aliphatic rings. The van der Waals surface area contributed by atoms with Gasteiger partial charge in [0.15, 0.2) is 0 Å². The monoisotopic (exact) mass is 247 g/mol. The molecule has 1 N–H and O–H groups in total. The maximum Gasteiger partial charge on any atom is 0.0911 e.